The van der Waals surface area contributed by atoms with Crippen LogP contribution in [-0.4, -0.2) is 5.78 Å². The molecule has 0 unspecified atom stereocenters. The van der Waals surface area contributed by atoms with Crippen LogP contribution in [0.4, 0.5) is 0 Å². The van der Waals surface area contributed by atoms with E-state index in [-0.39, 0.29) is 18.1 Å². The van der Waals surface area contributed by atoms with E-state index in [1.54, 1.807) is 26.0 Å². The molecule has 58 valence electrons. The Morgan fingerprint density at radius 3 is 2.09 bits per heavy atom. The summed E-state index contributed by atoms with van der Waals surface area (Å²) >= 11 is 0. The highest BCUT2D eigenvalue weighted by atomic mass is 16.1. The van der Waals surface area contributed by atoms with Crippen molar-refractivity contribution in [3.63, 3.8) is 0 Å². The van der Waals surface area contributed by atoms with Gasteiger partial charge in [0.25, 0.3) is 0 Å². The Morgan fingerprint density at radius 1 is 1.36 bits per heavy atom. The minimum Gasteiger partial charge on any atom is -0.299 e. The maximum atomic E-state index is 11.0. The summed E-state index contributed by atoms with van der Waals surface area (Å²) in [5.74, 6) is -0.887. The van der Waals surface area contributed by atoms with Crippen LogP contribution >= 0.6 is 0 Å². The number of ketones is 1. The van der Waals surface area contributed by atoms with Gasteiger partial charge in [-0.15, -0.1) is 0 Å². The lowest BCUT2D eigenvalue weighted by Crippen LogP contribution is -2.11. The van der Waals surface area contributed by atoms with Gasteiger partial charge in [-0.3, -0.25) is 4.79 Å². The molecule has 0 bridgehead atoms. The maximum absolute atomic E-state index is 11.0. The van der Waals surface area contributed by atoms with Crippen LogP contribution in [0.15, 0.2) is 0 Å². The van der Waals surface area contributed by atoms with Crippen molar-refractivity contribution >= 4 is 5.78 Å². The molecule has 0 spiro atoms. The van der Waals surface area contributed by atoms with Crippen LogP contribution < -0.4 is 0 Å². The lowest BCUT2D eigenvalue weighted by Gasteiger charge is -2.01. The molecular formula is C8H10N2O. The molecule has 3 nitrogen and oxygen atoms in total. The molecule has 0 aliphatic carbocycles. The fourth-order valence-electron chi connectivity index (χ4n) is 0.557. The zero-order valence-corrected chi connectivity index (χ0v) is 6.66. The number of rotatable bonds is 3. The molecule has 11 heavy (non-hydrogen) atoms. The summed E-state index contributed by atoms with van der Waals surface area (Å²) in [4.78, 5) is 11.0. The van der Waals surface area contributed by atoms with E-state index in [0.717, 1.165) is 0 Å². The maximum Gasteiger partial charge on any atom is 0.140 e. The molecule has 0 radical (unpaired) electrons. The monoisotopic (exact) mass is 150 g/mol. The van der Waals surface area contributed by atoms with E-state index in [0.29, 0.717) is 0 Å². The van der Waals surface area contributed by atoms with Gasteiger partial charge in [0.15, 0.2) is 0 Å². The van der Waals surface area contributed by atoms with Gasteiger partial charge in [-0.25, -0.2) is 0 Å². The third-order valence-electron chi connectivity index (χ3n) is 1.36. The molecule has 3 heteroatoms. The summed E-state index contributed by atoms with van der Waals surface area (Å²) in [5, 5.41) is 16.7. The smallest absolute Gasteiger partial charge is 0.140 e. The van der Waals surface area contributed by atoms with Gasteiger partial charge in [0.2, 0.25) is 0 Å². The van der Waals surface area contributed by atoms with Crippen molar-refractivity contribution in [2.75, 3.05) is 0 Å². The van der Waals surface area contributed by atoms with Crippen LogP contribution in [0.1, 0.15) is 20.3 Å². The second-order valence-electron chi connectivity index (χ2n) is 2.64. The fraction of sp³-hybridized carbons (Fsp3) is 0.625. The quantitative estimate of drug-likeness (QED) is 0.608. The highest BCUT2D eigenvalue weighted by Crippen LogP contribution is 2.06. The lowest BCUT2D eigenvalue weighted by atomic mass is 9.99. The second kappa shape index (κ2) is 4.46. The molecule has 0 saturated carbocycles. The first kappa shape index (κ1) is 9.65. The highest BCUT2D eigenvalue weighted by Gasteiger charge is 2.14. The van der Waals surface area contributed by atoms with E-state index in [1.165, 1.54) is 0 Å². The second-order valence-corrected chi connectivity index (χ2v) is 2.64. The lowest BCUT2D eigenvalue weighted by molar-refractivity contribution is -0.122. The predicted octanol–water partition coefficient (Wildman–Crippen LogP) is 1.26. The topological polar surface area (TPSA) is 64.7 Å². The summed E-state index contributed by atoms with van der Waals surface area (Å²) in [6.45, 7) is 3.52. The Kier molecular flexibility index (Phi) is 3.92. The van der Waals surface area contributed by atoms with E-state index in [4.69, 9.17) is 10.5 Å². The summed E-state index contributed by atoms with van der Waals surface area (Å²) in [5.41, 5.74) is 0. The molecule has 0 N–H and O–H groups in total. The molecule has 0 aliphatic heterocycles. The first-order valence-corrected chi connectivity index (χ1v) is 3.43. The van der Waals surface area contributed by atoms with E-state index in [2.05, 4.69) is 0 Å². The largest absolute Gasteiger partial charge is 0.299 e. The zero-order chi connectivity index (χ0) is 8.85. The van der Waals surface area contributed by atoms with Crippen LogP contribution in [0.5, 0.6) is 0 Å². The SMILES string of the molecule is CC(C)C(=O)CC(C#N)C#N. The van der Waals surface area contributed by atoms with Crippen LogP contribution in [0, 0.1) is 34.5 Å². The van der Waals surface area contributed by atoms with Gasteiger partial charge in [-0.2, -0.15) is 10.5 Å². The third kappa shape index (κ3) is 3.37. The Bertz CT molecular complexity index is 205. The average molecular weight is 150 g/mol. The van der Waals surface area contributed by atoms with E-state index >= 15 is 0 Å². The van der Waals surface area contributed by atoms with Crippen LogP contribution in [0.25, 0.3) is 0 Å². The normalized spacial score (nSPS) is 9.27. The van der Waals surface area contributed by atoms with Crippen LogP contribution in [-0.2, 0) is 4.79 Å². The highest BCUT2D eigenvalue weighted by molar-refractivity contribution is 5.81. The molecule has 0 aliphatic rings. The van der Waals surface area contributed by atoms with Gasteiger partial charge in [-0.1, -0.05) is 13.8 Å². The molecule has 0 aromatic carbocycles. The number of carbonyl (C=O) groups excluding carboxylic acids is 1. The molecule has 0 aromatic heterocycles. The first-order chi connectivity index (χ1) is 5.11. The summed E-state index contributed by atoms with van der Waals surface area (Å²) in [6, 6.07) is 3.51. The number of carbonyl (C=O) groups is 1. The molecular weight excluding hydrogens is 140 g/mol. The van der Waals surface area contributed by atoms with Crippen LogP contribution in [0.2, 0.25) is 0 Å². The number of nitrogens with zero attached hydrogens (tertiary/aromatic N) is 2. The van der Waals surface area contributed by atoms with Gasteiger partial charge in [-0.05, 0) is 0 Å². The van der Waals surface area contributed by atoms with Crippen molar-refractivity contribution in [3.8, 4) is 12.1 Å². The Balaban J connectivity index is 3.98. The van der Waals surface area contributed by atoms with Crippen molar-refractivity contribution in [1.29, 1.82) is 10.5 Å². The van der Waals surface area contributed by atoms with Gasteiger partial charge in [0.05, 0.1) is 12.1 Å². The predicted molar refractivity (Wildman–Crippen MR) is 39.2 cm³/mol. The molecule has 0 atom stereocenters. The molecule has 0 fully saturated rings. The summed E-state index contributed by atoms with van der Waals surface area (Å²) < 4.78 is 0. The van der Waals surface area contributed by atoms with Crippen LogP contribution in [0.3, 0.4) is 0 Å². The first-order valence-electron chi connectivity index (χ1n) is 3.43. The number of nitriles is 2. The van der Waals surface area contributed by atoms with Crippen molar-refractivity contribution in [3.05, 3.63) is 0 Å². The number of Topliss-reactive ketones (excluding diaryl/α,β-unsaturated/α-hetero) is 1. The average Bonchev–Trinajstić information content (AvgIpc) is 1.99. The van der Waals surface area contributed by atoms with E-state index in [9.17, 15) is 4.79 Å². The van der Waals surface area contributed by atoms with Gasteiger partial charge in [0, 0.05) is 12.3 Å². The molecule has 0 heterocycles. The summed E-state index contributed by atoms with van der Waals surface area (Å²) in [7, 11) is 0. The summed E-state index contributed by atoms with van der Waals surface area (Å²) in [6.07, 6.45) is 0.0602. The third-order valence-corrected chi connectivity index (χ3v) is 1.36. The number of hydrogen-bond acceptors (Lipinski definition) is 3. The molecule has 0 rings (SSSR count). The molecule has 0 aromatic rings. The van der Waals surface area contributed by atoms with E-state index in [1.807, 2.05) is 0 Å². The van der Waals surface area contributed by atoms with Gasteiger partial charge < -0.3 is 0 Å². The fourth-order valence-corrected chi connectivity index (χ4v) is 0.557. The zero-order valence-electron chi connectivity index (χ0n) is 6.66. The van der Waals surface area contributed by atoms with Crippen molar-refractivity contribution in [2.45, 2.75) is 20.3 Å². The Hall–Kier alpha value is -1.35. The van der Waals surface area contributed by atoms with Gasteiger partial charge >= 0.3 is 0 Å². The molecule has 0 saturated heterocycles. The van der Waals surface area contributed by atoms with Crippen molar-refractivity contribution < 1.29 is 4.79 Å². The Morgan fingerprint density at radius 2 is 1.82 bits per heavy atom. The van der Waals surface area contributed by atoms with Crippen molar-refractivity contribution in [1.82, 2.24) is 0 Å². The standard InChI is InChI=1S/C8H10N2O/c1-6(2)8(11)3-7(4-9)5-10/h6-7H,3H2,1-2H3. The molecule has 0 amide bonds. The van der Waals surface area contributed by atoms with Gasteiger partial charge in [0.1, 0.15) is 11.7 Å². The minimum atomic E-state index is -0.773. The van der Waals surface area contributed by atoms with E-state index < -0.39 is 5.92 Å². The minimum absolute atomic E-state index is 0.0295. The van der Waals surface area contributed by atoms with Crippen molar-refractivity contribution in [2.24, 2.45) is 11.8 Å². The Labute approximate surface area is 66.2 Å². The number of hydrogen-bond donors (Lipinski definition) is 0.